The summed E-state index contributed by atoms with van der Waals surface area (Å²) in [6, 6.07) is 11.4. The number of sulfonamides is 1. The van der Waals surface area contributed by atoms with Crippen molar-refractivity contribution < 1.29 is 22.4 Å². The van der Waals surface area contributed by atoms with Crippen molar-refractivity contribution in [1.29, 1.82) is 0 Å². The van der Waals surface area contributed by atoms with E-state index < -0.39 is 21.7 Å². The third-order valence-corrected chi connectivity index (χ3v) is 5.95. The van der Waals surface area contributed by atoms with Gasteiger partial charge in [-0.3, -0.25) is 4.57 Å². The molecule has 0 atom stereocenters. The maximum Gasteiger partial charge on any atom is 0.419 e. The van der Waals surface area contributed by atoms with E-state index >= 15 is 0 Å². The first-order valence-corrected chi connectivity index (χ1v) is 10.7. The van der Waals surface area contributed by atoms with Gasteiger partial charge in [-0.15, -0.1) is 0 Å². The van der Waals surface area contributed by atoms with Crippen LogP contribution in [0.25, 0.3) is 11.1 Å². The summed E-state index contributed by atoms with van der Waals surface area (Å²) in [6.45, 7) is 4.04. The molecule has 0 saturated carbocycles. The predicted molar refractivity (Wildman–Crippen MR) is 107 cm³/mol. The van der Waals surface area contributed by atoms with Crippen molar-refractivity contribution in [2.24, 2.45) is 0 Å². The highest BCUT2D eigenvalue weighted by atomic mass is 32.2. The number of rotatable bonds is 8. The minimum absolute atomic E-state index is 0.00770. The van der Waals surface area contributed by atoms with Gasteiger partial charge in [0.2, 0.25) is 10.0 Å². The third-order valence-electron chi connectivity index (χ3n) is 4.41. The molecule has 0 aliphatic heterocycles. The number of aromatic nitrogens is 1. The van der Waals surface area contributed by atoms with E-state index in [4.69, 9.17) is 9.15 Å². The number of oxazole rings is 1. The minimum Gasteiger partial charge on any atom is -0.462 e. The average molecular weight is 418 g/mol. The number of aryl methyl sites for hydroxylation is 2. The Morgan fingerprint density at radius 2 is 1.97 bits per heavy atom. The lowest BCUT2D eigenvalue weighted by molar-refractivity contribution is 0.0494. The second-order valence-corrected chi connectivity index (χ2v) is 8.22. The fraction of sp³-hybridized carbons (Fsp3) is 0.300. The van der Waals surface area contributed by atoms with Gasteiger partial charge in [-0.25, -0.2) is 22.7 Å². The van der Waals surface area contributed by atoms with E-state index in [2.05, 4.69) is 4.72 Å². The predicted octanol–water partition coefficient (Wildman–Crippen LogP) is 2.45. The fourth-order valence-electron chi connectivity index (χ4n) is 2.95. The van der Waals surface area contributed by atoms with Crippen LogP contribution >= 0.6 is 0 Å². The molecular weight excluding hydrogens is 396 g/mol. The number of nitrogens with zero attached hydrogens (tertiary/aromatic N) is 1. The van der Waals surface area contributed by atoms with Crippen molar-refractivity contribution in [1.82, 2.24) is 9.29 Å². The van der Waals surface area contributed by atoms with Crippen molar-refractivity contribution in [3.63, 3.8) is 0 Å². The molecule has 0 spiro atoms. The molecule has 29 heavy (non-hydrogen) atoms. The molecule has 0 aliphatic carbocycles. The number of para-hydroxylation sites is 2. The van der Waals surface area contributed by atoms with Gasteiger partial charge >= 0.3 is 11.7 Å². The molecule has 0 radical (unpaired) electrons. The molecule has 0 saturated heterocycles. The Labute approximate surface area is 168 Å². The summed E-state index contributed by atoms with van der Waals surface area (Å²) in [5.74, 6) is -1.07. The number of esters is 1. The van der Waals surface area contributed by atoms with Crippen LogP contribution in [-0.2, 0) is 21.3 Å². The summed E-state index contributed by atoms with van der Waals surface area (Å²) in [5, 5.41) is 0. The van der Waals surface area contributed by atoms with Gasteiger partial charge in [0.25, 0.3) is 0 Å². The zero-order valence-corrected chi connectivity index (χ0v) is 17.0. The summed E-state index contributed by atoms with van der Waals surface area (Å²) in [5.41, 5.74) is 1.99. The second kappa shape index (κ2) is 8.62. The number of hydrogen-bond acceptors (Lipinski definition) is 6. The van der Waals surface area contributed by atoms with E-state index in [0.29, 0.717) is 29.6 Å². The van der Waals surface area contributed by atoms with E-state index in [-0.39, 0.29) is 23.6 Å². The maximum atomic E-state index is 12.4. The summed E-state index contributed by atoms with van der Waals surface area (Å²) in [4.78, 5) is 24.4. The van der Waals surface area contributed by atoms with Gasteiger partial charge in [-0.05, 0) is 43.2 Å². The van der Waals surface area contributed by atoms with Crippen LogP contribution in [0, 0.1) is 6.92 Å². The molecule has 1 heterocycles. The summed E-state index contributed by atoms with van der Waals surface area (Å²) in [7, 11) is -3.67. The topological polar surface area (TPSA) is 108 Å². The number of benzene rings is 2. The molecule has 1 aromatic heterocycles. The lowest BCUT2D eigenvalue weighted by atomic mass is 10.1. The average Bonchev–Trinajstić information content (AvgIpc) is 3.00. The van der Waals surface area contributed by atoms with Gasteiger partial charge in [-0.2, -0.15) is 0 Å². The van der Waals surface area contributed by atoms with E-state index in [1.807, 2.05) is 6.07 Å². The second-order valence-electron chi connectivity index (χ2n) is 6.45. The molecule has 3 aromatic rings. The maximum absolute atomic E-state index is 12.4. The smallest absolute Gasteiger partial charge is 0.419 e. The molecule has 8 nitrogen and oxygen atoms in total. The highest BCUT2D eigenvalue weighted by Crippen LogP contribution is 2.17. The number of nitrogens with one attached hydrogen (secondary N) is 1. The van der Waals surface area contributed by atoms with Crippen LogP contribution in [-0.4, -0.2) is 32.1 Å². The number of fused-ring (bicyclic) bond motifs is 1. The van der Waals surface area contributed by atoms with E-state index in [0.717, 1.165) is 0 Å². The fourth-order valence-corrected chi connectivity index (χ4v) is 4.02. The number of carbonyl (C=O) groups excluding carboxylic acids is 1. The van der Waals surface area contributed by atoms with Crippen LogP contribution in [0.15, 0.2) is 56.6 Å². The van der Waals surface area contributed by atoms with E-state index in [1.165, 1.54) is 16.7 Å². The van der Waals surface area contributed by atoms with Crippen molar-refractivity contribution in [2.45, 2.75) is 31.7 Å². The van der Waals surface area contributed by atoms with Crippen LogP contribution in [0.1, 0.15) is 29.3 Å². The quantitative estimate of drug-likeness (QED) is 0.445. The lowest BCUT2D eigenvalue weighted by Gasteiger charge is -2.10. The first-order valence-electron chi connectivity index (χ1n) is 9.19. The van der Waals surface area contributed by atoms with Gasteiger partial charge in [-0.1, -0.05) is 25.1 Å². The first-order chi connectivity index (χ1) is 13.8. The Hall–Kier alpha value is -2.91. The molecule has 0 bridgehead atoms. The molecule has 0 amide bonds. The summed E-state index contributed by atoms with van der Waals surface area (Å²) < 4.78 is 38.6. The minimum atomic E-state index is -3.67. The number of ether oxygens (including phenoxy) is 1. The Morgan fingerprint density at radius 3 is 2.72 bits per heavy atom. The summed E-state index contributed by atoms with van der Waals surface area (Å²) >= 11 is 0. The Morgan fingerprint density at radius 1 is 1.21 bits per heavy atom. The van der Waals surface area contributed by atoms with Crippen LogP contribution < -0.4 is 10.5 Å². The lowest BCUT2D eigenvalue weighted by Crippen LogP contribution is -2.23. The molecule has 0 unspecified atom stereocenters. The van der Waals surface area contributed by atoms with Gasteiger partial charge in [0, 0.05) is 13.1 Å². The highest BCUT2D eigenvalue weighted by molar-refractivity contribution is 7.89. The molecule has 9 heteroatoms. The molecule has 3 rings (SSSR count). The number of hydrogen-bond donors (Lipinski definition) is 1. The highest BCUT2D eigenvalue weighted by Gasteiger charge is 2.18. The Balaban J connectivity index is 1.65. The largest absolute Gasteiger partial charge is 0.462 e. The molecule has 1 N–H and O–H groups in total. The van der Waals surface area contributed by atoms with E-state index in [1.54, 1.807) is 38.1 Å². The van der Waals surface area contributed by atoms with Crippen LogP contribution in [0.5, 0.6) is 0 Å². The van der Waals surface area contributed by atoms with Crippen LogP contribution in [0.4, 0.5) is 0 Å². The van der Waals surface area contributed by atoms with Gasteiger partial charge < -0.3 is 9.15 Å². The zero-order valence-electron chi connectivity index (χ0n) is 16.2. The SMILES string of the molecule is CCNS(=O)(=O)c1ccc(C)c(C(=O)OCCCn2c(=O)oc3ccccc32)c1. The van der Waals surface area contributed by atoms with Gasteiger partial charge in [0.1, 0.15) is 0 Å². The number of carbonyl (C=O) groups is 1. The molecule has 2 aromatic carbocycles. The van der Waals surface area contributed by atoms with Crippen molar-refractivity contribution in [3.8, 4) is 0 Å². The Bertz CT molecular complexity index is 1190. The zero-order chi connectivity index (χ0) is 21.0. The van der Waals surface area contributed by atoms with Crippen LogP contribution in [0.3, 0.4) is 0 Å². The first kappa shape index (κ1) is 20.8. The van der Waals surface area contributed by atoms with Crippen molar-refractivity contribution >= 4 is 27.1 Å². The molecule has 0 fully saturated rings. The van der Waals surface area contributed by atoms with Crippen molar-refractivity contribution in [3.05, 3.63) is 64.1 Å². The van der Waals surface area contributed by atoms with E-state index in [9.17, 15) is 18.0 Å². The van der Waals surface area contributed by atoms with Crippen molar-refractivity contribution in [2.75, 3.05) is 13.2 Å². The standard InChI is InChI=1S/C20H22N2O6S/c1-3-21-29(25,26)15-10-9-14(2)16(13-15)19(23)27-12-6-11-22-17-7-4-5-8-18(17)28-20(22)24/h4-5,7-10,13,21H,3,6,11-12H2,1-2H3. The molecule has 154 valence electrons. The summed E-state index contributed by atoms with van der Waals surface area (Å²) in [6.07, 6.45) is 0.406. The third kappa shape index (κ3) is 4.57. The molecular formula is C20H22N2O6S. The molecule has 0 aliphatic rings. The monoisotopic (exact) mass is 418 g/mol. The van der Waals surface area contributed by atoms with Crippen LogP contribution in [0.2, 0.25) is 0 Å². The van der Waals surface area contributed by atoms with Gasteiger partial charge in [0.05, 0.1) is 22.6 Å². The normalized spacial score (nSPS) is 11.7. The van der Waals surface area contributed by atoms with Gasteiger partial charge in [0.15, 0.2) is 5.58 Å². The Kier molecular flexibility index (Phi) is 6.19.